The van der Waals surface area contributed by atoms with Crippen molar-refractivity contribution in [3.63, 3.8) is 0 Å². The predicted octanol–water partition coefficient (Wildman–Crippen LogP) is 5.26. The molecule has 1 fully saturated rings. The average Bonchev–Trinajstić information content (AvgIpc) is 3.06. The molecule has 5 nitrogen and oxygen atoms in total. The molecule has 0 saturated carbocycles. The number of hydrogen-bond acceptors (Lipinski definition) is 4. The maximum Gasteiger partial charge on any atom is 0.224 e. The van der Waals surface area contributed by atoms with Crippen molar-refractivity contribution in [1.82, 2.24) is 9.80 Å². The maximum atomic E-state index is 13.3. The highest BCUT2D eigenvalue weighted by atomic mass is 32.2. The molecule has 35 heavy (non-hydrogen) atoms. The van der Waals surface area contributed by atoms with E-state index in [2.05, 4.69) is 51.5 Å². The molecule has 1 heterocycles. The van der Waals surface area contributed by atoms with Gasteiger partial charge in [-0.15, -0.1) is 11.8 Å². The van der Waals surface area contributed by atoms with Gasteiger partial charge in [0.15, 0.2) is 0 Å². The van der Waals surface area contributed by atoms with Crippen LogP contribution in [-0.2, 0) is 16.0 Å². The van der Waals surface area contributed by atoms with Crippen LogP contribution in [0.1, 0.15) is 30.5 Å². The lowest BCUT2D eigenvalue weighted by atomic mass is 10.1. The Hall–Kier alpha value is -3.09. The Bertz CT molecular complexity index is 1090. The normalized spacial score (nSPS) is 15.5. The molecule has 182 valence electrons. The number of nitrogens with one attached hydrogen (secondary N) is 1. The summed E-state index contributed by atoms with van der Waals surface area (Å²) >= 11 is 1.74. The second-order valence-corrected chi connectivity index (χ2v) is 9.95. The standard InChI is InChI=1S/C29H33N3O2S/c1-23(33)30-26-12-14-27(15-13-26)35-22-28(25-10-6-3-7-11-25)32-21-20-31(19-17-29(32)34)18-16-24-8-4-2-5-9-24/h2-15,28H,16-22H2,1H3,(H,30,33)/t28-/m1/s1. The zero-order chi connectivity index (χ0) is 24.5. The second-order valence-electron chi connectivity index (χ2n) is 8.86. The lowest BCUT2D eigenvalue weighted by Crippen LogP contribution is -2.38. The summed E-state index contributed by atoms with van der Waals surface area (Å²) in [5.74, 6) is 0.925. The summed E-state index contributed by atoms with van der Waals surface area (Å²) in [7, 11) is 0. The molecule has 0 aromatic heterocycles. The van der Waals surface area contributed by atoms with Crippen LogP contribution in [0.15, 0.2) is 89.8 Å². The summed E-state index contributed by atoms with van der Waals surface area (Å²) < 4.78 is 0. The number of amides is 2. The van der Waals surface area contributed by atoms with Crippen LogP contribution in [0.3, 0.4) is 0 Å². The summed E-state index contributed by atoms with van der Waals surface area (Å²) in [5, 5.41) is 2.81. The first-order chi connectivity index (χ1) is 17.1. The largest absolute Gasteiger partial charge is 0.333 e. The van der Waals surface area contributed by atoms with Crippen LogP contribution >= 0.6 is 11.8 Å². The highest BCUT2D eigenvalue weighted by molar-refractivity contribution is 7.99. The minimum absolute atomic E-state index is 0.0118. The molecule has 1 atom stereocenters. The van der Waals surface area contributed by atoms with Crippen LogP contribution in [-0.4, -0.2) is 53.5 Å². The summed E-state index contributed by atoms with van der Waals surface area (Å²) in [6.07, 6.45) is 1.55. The van der Waals surface area contributed by atoms with Gasteiger partial charge in [0.1, 0.15) is 0 Å². The molecule has 2 amide bonds. The van der Waals surface area contributed by atoms with E-state index in [1.807, 2.05) is 48.5 Å². The first kappa shape index (κ1) is 25.0. The number of nitrogens with zero attached hydrogens (tertiary/aromatic N) is 2. The molecule has 0 spiro atoms. The molecule has 1 aliphatic rings. The van der Waals surface area contributed by atoms with E-state index in [1.54, 1.807) is 11.8 Å². The Balaban J connectivity index is 1.42. The van der Waals surface area contributed by atoms with E-state index in [0.29, 0.717) is 6.42 Å². The number of rotatable bonds is 9. The smallest absolute Gasteiger partial charge is 0.224 e. The molecular weight excluding hydrogens is 454 g/mol. The number of benzene rings is 3. The van der Waals surface area contributed by atoms with E-state index in [1.165, 1.54) is 18.1 Å². The van der Waals surface area contributed by atoms with Crippen molar-refractivity contribution in [3.8, 4) is 0 Å². The van der Waals surface area contributed by atoms with Gasteiger partial charge in [0.25, 0.3) is 0 Å². The van der Waals surface area contributed by atoms with Crippen LogP contribution in [0.5, 0.6) is 0 Å². The first-order valence-corrected chi connectivity index (χ1v) is 13.2. The fourth-order valence-corrected chi connectivity index (χ4v) is 5.47. The van der Waals surface area contributed by atoms with Gasteiger partial charge in [0.2, 0.25) is 11.8 Å². The zero-order valence-corrected chi connectivity index (χ0v) is 21.0. The van der Waals surface area contributed by atoms with E-state index in [-0.39, 0.29) is 17.9 Å². The third-order valence-corrected chi connectivity index (χ3v) is 7.41. The van der Waals surface area contributed by atoms with E-state index in [9.17, 15) is 9.59 Å². The summed E-state index contributed by atoms with van der Waals surface area (Å²) in [5.41, 5.74) is 3.30. The van der Waals surface area contributed by atoms with Gasteiger partial charge in [-0.05, 0) is 41.8 Å². The molecule has 0 aliphatic carbocycles. The van der Waals surface area contributed by atoms with Crippen LogP contribution in [0, 0.1) is 0 Å². The van der Waals surface area contributed by atoms with E-state index < -0.39 is 0 Å². The predicted molar refractivity (Wildman–Crippen MR) is 144 cm³/mol. The molecule has 0 bridgehead atoms. The molecule has 3 aromatic rings. The van der Waals surface area contributed by atoms with Gasteiger partial charge in [0, 0.05) is 55.9 Å². The topological polar surface area (TPSA) is 52.7 Å². The fraction of sp³-hybridized carbons (Fsp3) is 0.310. The monoisotopic (exact) mass is 487 g/mol. The summed E-state index contributed by atoms with van der Waals surface area (Å²) in [6.45, 7) is 4.90. The Morgan fingerprint density at radius 3 is 2.29 bits per heavy atom. The second kappa shape index (κ2) is 12.6. The SMILES string of the molecule is CC(=O)Nc1ccc(SC[C@H](c2ccccc2)N2CCN(CCc3ccccc3)CCC2=O)cc1. The lowest BCUT2D eigenvalue weighted by Gasteiger charge is -2.31. The van der Waals surface area contributed by atoms with Gasteiger partial charge in [0.05, 0.1) is 6.04 Å². The zero-order valence-electron chi connectivity index (χ0n) is 20.2. The highest BCUT2D eigenvalue weighted by Gasteiger charge is 2.28. The van der Waals surface area contributed by atoms with Gasteiger partial charge < -0.3 is 15.1 Å². The fourth-order valence-electron chi connectivity index (χ4n) is 4.42. The van der Waals surface area contributed by atoms with Crippen LogP contribution < -0.4 is 5.32 Å². The van der Waals surface area contributed by atoms with E-state index in [0.717, 1.165) is 48.9 Å². The van der Waals surface area contributed by atoms with Gasteiger partial charge >= 0.3 is 0 Å². The Labute approximate surface area is 212 Å². The maximum absolute atomic E-state index is 13.3. The molecule has 0 radical (unpaired) electrons. The quantitative estimate of drug-likeness (QED) is 0.419. The van der Waals surface area contributed by atoms with Gasteiger partial charge in [-0.25, -0.2) is 0 Å². The molecule has 6 heteroatoms. The van der Waals surface area contributed by atoms with Crippen molar-refractivity contribution in [2.75, 3.05) is 37.2 Å². The van der Waals surface area contributed by atoms with Gasteiger partial charge in [-0.3, -0.25) is 9.59 Å². The number of thioether (sulfide) groups is 1. The number of carbonyl (C=O) groups excluding carboxylic acids is 2. The van der Waals surface area contributed by atoms with E-state index in [4.69, 9.17) is 0 Å². The Morgan fingerprint density at radius 1 is 0.914 bits per heavy atom. The van der Waals surface area contributed by atoms with E-state index >= 15 is 0 Å². The Morgan fingerprint density at radius 2 is 1.60 bits per heavy atom. The number of anilines is 1. The lowest BCUT2D eigenvalue weighted by molar-refractivity contribution is -0.132. The van der Waals surface area contributed by atoms with Crippen molar-refractivity contribution < 1.29 is 9.59 Å². The minimum atomic E-state index is -0.0768. The number of carbonyl (C=O) groups is 2. The molecule has 0 unspecified atom stereocenters. The van der Waals surface area contributed by atoms with Gasteiger partial charge in [-0.2, -0.15) is 0 Å². The third kappa shape index (κ3) is 7.44. The van der Waals surface area contributed by atoms with Crippen molar-refractivity contribution in [1.29, 1.82) is 0 Å². The molecule has 4 rings (SSSR count). The summed E-state index contributed by atoms with van der Waals surface area (Å²) in [4.78, 5) is 30.2. The van der Waals surface area contributed by atoms with Crippen LogP contribution in [0.4, 0.5) is 5.69 Å². The van der Waals surface area contributed by atoms with Crippen molar-refractivity contribution >= 4 is 29.3 Å². The highest BCUT2D eigenvalue weighted by Crippen LogP contribution is 2.31. The molecule has 1 saturated heterocycles. The average molecular weight is 488 g/mol. The third-order valence-electron chi connectivity index (χ3n) is 6.32. The minimum Gasteiger partial charge on any atom is -0.333 e. The molecular formula is C29H33N3O2S. The first-order valence-electron chi connectivity index (χ1n) is 12.2. The molecule has 1 aliphatic heterocycles. The van der Waals surface area contributed by atoms with Crippen LogP contribution in [0.2, 0.25) is 0 Å². The van der Waals surface area contributed by atoms with Crippen molar-refractivity contribution in [2.45, 2.75) is 30.7 Å². The van der Waals surface area contributed by atoms with Crippen molar-refractivity contribution in [3.05, 3.63) is 96.1 Å². The van der Waals surface area contributed by atoms with Gasteiger partial charge in [-0.1, -0.05) is 60.7 Å². The summed E-state index contributed by atoms with van der Waals surface area (Å²) in [6, 6.07) is 28.8. The Kier molecular flexibility index (Phi) is 8.98. The van der Waals surface area contributed by atoms with Crippen molar-refractivity contribution in [2.24, 2.45) is 0 Å². The van der Waals surface area contributed by atoms with Crippen LogP contribution in [0.25, 0.3) is 0 Å². The molecule has 1 N–H and O–H groups in total. The number of hydrogen-bond donors (Lipinski definition) is 1. The molecule has 3 aromatic carbocycles.